The van der Waals surface area contributed by atoms with Crippen molar-refractivity contribution in [1.82, 2.24) is 5.32 Å². The van der Waals surface area contributed by atoms with Crippen LogP contribution in [0.4, 0.5) is 0 Å². The third kappa shape index (κ3) is 4.77. The first-order valence-corrected chi connectivity index (χ1v) is 9.36. The number of hydrogen-bond acceptors (Lipinski definition) is 3. The molecule has 128 valence electrons. The number of rotatable bonds is 7. The van der Waals surface area contributed by atoms with Crippen molar-refractivity contribution >= 4 is 28.4 Å². The summed E-state index contributed by atoms with van der Waals surface area (Å²) in [5.74, 6) is 2.11. The van der Waals surface area contributed by atoms with Gasteiger partial charge in [0.2, 0.25) is 5.91 Å². The Balaban J connectivity index is 1.47. The number of amides is 1. The Bertz CT molecular complexity index is 863. The van der Waals surface area contributed by atoms with Crippen LogP contribution >= 0.6 is 11.8 Å². The second kappa shape index (κ2) is 8.58. The van der Waals surface area contributed by atoms with Gasteiger partial charge in [0.15, 0.2) is 0 Å². The van der Waals surface area contributed by atoms with Gasteiger partial charge >= 0.3 is 0 Å². The minimum Gasteiger partial charge on any atom is -0.496 e. The first kappa shape index (κ1) is 17.4. The van der Waals surface area contributed by atoms with Gasteiger partial charge in [-0.15, -0.1) is 11.8 Å². The zero-order valence-corrected chi connectivity index (χ0v) is 15.0. The van der Waals surface area contributed by atoms with E-state index in [0.717, 1.165) is 17.1 Å². The fourth-order valence-corrected chi connectivity index (χ4v) is 3.49. The van der Waals surface area contributed by atoms with Crippen molar-refractivity contribution in [2.24, 2.45) is 0 Å². The molecule has 25 heavy (non-hydrogen) atoms. The predicted molar refractivity (Wildman–Crippen MR) is 105 cm³/mol. The molecule has 0 aromatic heterocycles. The SMILES string of the molecule is COc1ccccc1CNC(=O)CSCc1ccc2ccccc2c1. The van der Waals surface area contributed by atoms with Crippen LogP contribution in [0.15, 0.2) is 66.7 Å². The first-order valence-electron chi connectivity index (χ1n) is 8.20. The monoisotopic (exact) mass is 351 g/mol. The van der Waals surface area contributed by atoms with Crippen LogP contribution in [0.3, 0.4) is 0 Å². The van der Waals surface area contributed by atoms with Crippen LogP contribution < -0.4 is 10.1 Å². The average molecular weight is 351 g/mol. The van der Waals surface area contributed by atoms with E-state index >= 15 is 0 Å². The number of fused-ring (bicyclic) bond motifs is 1. The molecule has 1 N–H and O–H groups in total. The quantitative estimate of drug-likeness (QED) is 0.686. The van der Waals surface area contributed by atoms with Crippen LogP contribution in [-0.4, -0.2) is 18.8 Å². The van der Waals surface area contributed by atoms with Gasteiger partial charge in [-0.3, -0.25) is 4.79 Å². The third-order valence-electron chi connectivity index (χ3n) is 3.98. The lowest BCUT2D eigenvalue weighted by molar-refractivity contribution is -0.118. The highest BCUT2D eigenvalue weighted by Gasteiger charge is 2.05. The highest BCUT2D eigenvalue weighted by Crippen LogP contribution is 2.20. The summed E-state index contributed by atoms with van der Waals surface area (Å²) >= 11 is 1.62. The molecule has 0 bridgehead atoms. The van der Waals surface area contributed by atoms with E-state index in [1.54, 1.807) is 18.9 Å². The lowest BCUT2D eigenvalue weighted by atomic mass is 10.1. The zero-order chi connectivity index (χ0) is 17.5. The van der Waals surface area contributed by atoms with Crippen molar-refractivity contribution in [3.05, 3.63) is 77.9 Å². The maximum absolute atomic E-state index is 12.0. The Morgan fingerprint density at radius 1 is 1.00 bits per heavy atom. The molecule has 0 saturated heterocycles. The Hall–Kier alpha value is -2.46. The summed E-state index contributed by atoms with van der Waals surface area (Å²) in [7, 11) is 1.64. The third-order valence-corrected chi connectivity index (χ3v) is 4.99. The lowest BCUT2D eigenvalue weighted by Crippen LogP contribution is -2.24. The summed E-state index contributed by atoms with van der Waals surface area (Å²) in [6, 6.07) is 22.5. The van der Waals surface area contributed by atoms with E-state index in [1.165, 1.54) is 16.3 Å². The number of carbonyl (C=O) groups is 1. The van der Waals surface area contributed by atoms with Gasteiger partial charge in [0.25, 0.3) is 0 Å². The Morgan fingerprint density at radius 2 is 1.76 bits per heavy atom. The smallest absolute Gasteiger partial charge is 0.230 e. The molecule has 3 aromatic rings. The number of para-hydroxylation sites is 1. The van der Waals surface area contributed by atoms with E-state index in [4.69, 9.17) is 4.74 Å². The van der Waals surface area contributed by atoms with Crippen LogP contribution in [0.1, 0.15) is 11.1 Å². The number of hydrogen-bond donors (Lipinski definition) is 1. The molecule has 0 heterocycles. The first-order chi connectivity index (χ1) is 12.3. The number of methoxy groups -OCH3 is 1. The van der Waals surface area contributed by atoms with Crippen molar-refractivity contribution in [2.45, 2.75) is 12.3 Å². The predicted octanol–water partition coefficient (Wildman–Crippen LogP) is 4.40. The van der Waals surface area contributed by atoms with Crippen LogP contribution in [-0.2, 0) is 17.1 Å². The molecule has 0 saturated carbocycles. The summed E-state index contributed by atoms with van der Waals surface area (Å²) in [5, 5.41) is 5.43. The topological polar surface area (TPSA) is 38.3 Å². The zero-order valence-electron chi connectivity index (χ0n) is 14.2. The second-order valence-corrected chi connectivity index (χ2v) is 6.75. The van der Waals surface area contributed by atoms with E-state index < -0.39 is 0 Å². The summed E-state index contributed by atoms with van der Waals surface area (Å²) < 4.78 is 5.30. The molecular weight excluding hydrogens is 330 g/mol. The molecule has 0 aliphatic heterocycles. The summed E-state index contributed by atoms with van der Waals surface area (Å²) in [6.07, 6.45) is 0. The minimum absolute atomic E-state index is 0.0386. The highest BCUT2D eigenvalue weighted by molar-refractivity contribution is 7.99. The molecule has 0 unspecified atom stereocenters. The molecule has 0 aliphatic carbocycles. The van der Waals surface area contributed by atoms with E-state index in [0.29, 0.717) is 12.3 Å². The normalized spacial score (nSPS) is 10.6. The average Bonchev–Trinajstić information content (AvgIpc) is 2.66. The Morgan fingerprint density at radius 3 is 2.60 bits per heavy atom. The van der Waals surface area contributed by atoms with E-state index in [-0.39, 0.29) is 5.91 Å². The van der Waals surface area contributed by atoms with Crippen LogP contribution in [0, 0.1) is 0 Å². The van der Waals surface area contributed by atoms with Crippen molar-refractivity contribution in [1.29, 1.82) is 0 Å². The summed E-state index contributed by atoms with van der Waals surface area (Å²) in [5.41, 5.74) is 2.22. The molecule has 1 amide bonds. The second-order valence-electron chi connectivity index (χ2n) is 5.76. The molecule has 0 aliphatic rings. The van der Waals surface area contributed by atoms with Gasteiger partial charge in [-0.1, -0.05) is 60.7 Å². The molecule has 4 heteroatoms. The fourth-order valence-electron chi connectivity index (χ4n) is 2.68. The largest absolute Gasteiger partial charge is 0.496 e. The van der Waals surface area contributed by atoms with Gasteiger partial charge in [0, 0.05) is 17.9 Å². The van der Waals surface area contributed by atoms with Gasteiger partial charge < -0.3 is 10.1 Å². The van der Waals surface area contributed by atoms with Crippen LogP contribution in [0.2, 0.25) is 0 Å². The molecule has 0 atom stereocenters. The fraction of sp³-hybridized carbons (Fsp3) is 0.190. The molecule has 0 spiro atoms. The van der Waals surface area contributed by atoms with E-state index in [1.807, 2.05) is 36.4 Å². The van der Waals surface area contributed by atoms with Gasteiger partial charge in [0.1, 0.15) is 5.75 Å². The van der Waals surface area contributed by atoms with Crippen molar-refractivity contribution in [2.75, 3.05) is 12.9 Å². The Labute approximate surface area is 152 Å². The van der Waals surface area contributed by atoms with Crippen LogP contribution in [0.5, 0.6) is 5.75 Å². The highest BCUT2D eigenvalue weighted by atomic mass is 32.2. The number of ether oxygens (including phenoxy) is 1. The number of carbonyl (C=O) groups excluding carboxylic acids is 1. The molecule has 0 radical (unpaired) electrons. The number of benzene rings is 3. The summed E-state index contributed by atoms with van der Waals surface area (Å²) in [6.45, 7) is 0.485. The maximum atomic E-state index is 12.0. The molecular formula is C21H21NO2S. The van der Waals surface area contributed by atoms with Gasteiger partial charge in [-0.2, -0.15) is 0 Å². The molecule has 0 fully saturated rings. The van der Waals surface area contributed by atoms with Gasteiger partial charge in [-0.25, -0.2) is 0 Å². The van der Waals surface area contributed by atoms with Gasteiger partial charge in [-0.05, 0) is 22.4 Å². The minimum atomic E-state index is 0.0386. The number of thioether (sulfide) groups is 1. The van der Waals surface area contributed by atoms with E-state index in [2.05, 4.69) is 35.6 Å². The molecule has 3 nitrogen and oxygen atoms in total. The van der Waals surface area contributed by atoms with Crippen molar-refractivity contribution < 1.29 is 9.53 Å². The number of nitrogens with one attached hydrogen (secondary N) is 1. The van der Waals surface area contributed by atoms with E-state index in [9.17, 15) is 4.79 Å². The maximum Gasteiger partial charge on any atom is 0.230 e. The Kier molecular flexibility index (Phi) is 5.96. The van der Waals surface area contributed by atoms with Crippen LogP contribution in [0.25, 0.3) is 10.8 Å². The lowest BCUT2D eigenvalue weighted by Gasteiger charge is -2.09. The van der Waals surface area contributed by atoms with Crippen molar-refractivity contribution in [3.63, 3.8) is 0 Å². The molecule has 3 rings (SSSR count). The van der Waals surface area contributed by atoms with Crippen molar-refractivity contribution in [3.8, 4) is 5.75 Å². The van der Waals surface area contributed by atoms with Gasteiger partial charge in [0.05, 0.1) is 12.9 Å². The standard InChI is InChI=1S/C21H21NO2S/c1-24-20-9-5-4-8-19(20)13-22-21(23)15-25-14-16-10-11-17-6-2-3-7-18(17)12-16/h2-12H,13-15H2,1H3,(H,22,23). The summed E-state index contributed by atoms with van der Waals surface area (Å²) in [4.78, 5) is 12.0. The molecule has 3 aromatic carbocycles.